The van der Waals surface area contributed by atoms with Crippen LogP contribution in [0.15, 0.2) is 24.7 Å². The molecular weight excluding hydrogens is 509 g/mol. The average molecular weight is 546 g/mol. The Hall–Kier alpha value is -3.81. The summed E-state index contributed by atoms with van der Waals surface area (Å²) in [5.41, 5.74) is 0. The van der Waals surface area contributed by atoms with E-state index in [0.29, 0.717) is 25.0 Å². The number of hydrogen-bond donors (Lipinski definition) is 2. The zero-order valence-corrected chi connectivity index (χ0v) is 22.5. The van der Waals surface area contributed by atoms with E-state index in [2.05, 4.69) is 42.4 Å². The summed E-state index contributed by atoms with van der Waals surface area (Å²) >= 11 is 0. The Kier molecular flexibility index (Phi) is 9.63. The van der Waals surface area contributed by atoms with Crippen LogP contribution in [0, 0.1) is 0 Å². The van der Waals surface area contributed by atoms with Gasteiger partial charge in [0.1, 0.15) is 18.1 Å². The molecule has 0 radical (unpaired) electrons. The van der Waals surface area contributed by atoms with E-state index in [9.17, 15) is 14.0 Å². The summed E-state index contributed by atoms with van der Waals surface area (Å²) in [6, 6.07) is 0.293. The first kappa shape index (κ1) is 28.2. The second-order valence-corrected chi connectivity index (χ2v) is 9.44. The van der Waals surface area contributed by atoms with Crippen LogP contribution in [0.3, 0.4) is 0 Å². The molecule has 2 aromatic heterocycles. The number of rotatable bonds is 8. The van der Waals surface area contributed by atoms with Gasteiger partial charge in [0.25, 0.3) is 0 Å². The third kappa shape index (κ3) is 7.62. The van der Waals surface area contributed by atoms with Crippen LogP contribution in [-0.2, 0) is 4.74 Å². The van der Waals surface area contributed by atoms with E-state index >= 15 is 0 Å². The maximum absolute atomic E-state index is 14.9. The average Bonchev–Trinajstić information content (AvgIpc) is 2.94. The summed E-state index contributed by atoms with van der Waals surface area (Å²) in [5, 5.41) is 5.30. The lowest BCUT2D eigenvalue weighted by molar-refractivity contribution is 0.0605. The van der Waals surface area contributed by atoms with E-state index in [1.165, 1.54) is 30.5 Å². The molecular formula is C25H36FN9O4. The number of likely N-dealkylation sites (N-methyl/N-ethyl adjacent to an activating group) is 1. The molecule has 2 saturated heterocycles. The van der Waals surface area contributed by atoms with Crippen molar-refractivity contribution >= 4 is 29.7 Å². The fourth-order valence-electron chi connectivity index (χ4n) is 4.60. The van der Waals surface area contributed by atoms with Gasteiger partial charge in [-0.25, -0.2) is 28.9 Å². The van der Waals surface area contributed by atoms with E-state index in [1.54, 1.807) is 11.0 Å². The Bertz CT molecular complexity index is 1100. The number of nitrogens with zero attached hydrogens (tertiary/aromatic N) is 7. The molecule has 14 heteroatoms. The number of hydrogen-bond acceptors (Lipinski definition) is 10. The maximum Gasteiger partial charge on any atom is 0.413 e. The normalized spacial score (nSPS) is 20.3. The Morgan fingerprint density at radius 3 is 2.56 bits per heavy atom. The number of piperidine rings is 2. The van der Waals surface area contributed by atoms with Crippen LogP contribution in [0.4, 0.5) is 31.6 Å². The van der Waals surface area contributed by atoms with Crippen molar-refractivity contribution in [2.24, 2.45) is 0 Å². The fourth-order valence-corrected chi connectivity index (χ4v) is 4.60. The summed E-state index contributed by atoms with van der Waals surface area (Å²) in [4.78, 5) is 47.6. The van der Waals surface area contributed by atoms with Crippen molar-refractivity contribution in [2.75, 3.05) is 61.9 Å². The van der Waals surface area contributed by atoms with Crippen LogP contribution >= 0.6 is 0 Å². The second kappa shape index (κ2) is 13.3. The van der Waals surface area contributed by atoms with Crippen molar-refractivity contribution < 1.29 is 23.5 Å². The Morgan fingerprint density at radius 1 is 1.08 bits per heavy atom. The van der Waals surface area contributed by atoms with Crippen molar-refractivity contribution in [1.82, 2.24) is 29.7 Å². The molecule has 212 valence electrons. The molecule has 2 atom stereocenters. The van der Waals surface area contributed by atoms with E-state index in [-0.39, 0.29) is 30.7 Å². The lowest BCUT2D eigenvalue weighted by Crippen LogP contribution is -2.55. The van der Waals surface area contributed by atoms with Gasteiger partial charge < -0.3 is 24.2 Å². The minimum absolute atomic E-state index is 0.131. The van der Waals surface area contributed by atoms with Crippen LogP contribution in [-0.4, -0.2) is 107 Å². The van der Waals surface area contributed by atoms with Crippen LogP contribution in [0.2, 0.25) is 0 Å². The highest BCUT2D eigenvalue weighted by atomic mass is 19.1. The predicted molar refractivity (Wildman–Crippen MR) is 143 cm³/mol. The Balaban J connectivity index is 1.33. The van der Waals surface area contributed by atoms with E-state index < -0.39 is 24.3 Å². The van der Waals surface area contributed by atoms with Gasteiger partial charge in [0, 0.05) is 39.4 Å². The van der Waals surface area contributed by atoms with Gasteiger partial charge in [0.15, 0.2) is 5.82 Å². The van der Waals surface area contributed by atoms with Gasteiger partial charge in [-0.15, -0.1) is 0 Å². The minimum atomic E-state index is -1.24. The van der Waals surface area contributed by atoms with Gasteiger partial charge in [0.05, 0.1) is 25.0 Å². The topological polar surface area (TPSA) is 138 Å². The number of urea groups is 1. The number of ether oxygens (including phenoxy) is 2. The molecule has 2 aliphatic rings. The highest BCUT2D eigenvalue weighted by Crippen LogP contribution is 2.23. The quantitative estimate of drug-likeness (QED) is 0.509. The Morgan fingerprint density at radius 2 is 1.87 bits per heavy atom. The number of carbonyl (C=O) groups excluding carboxylic acids is 2. The van der Waals surface area contributed by atoms with Crippen LogP contribution in [0.1, 0.15) is 33.1 Å². The van der Waals surface area contributed by atoms with E-state index in [4.69, 9.17) is 9.47 Å². The third-order valence-corrected chi connectivity index (χ3v) is 6.88. The molecule has 2 fully saturated rings. The third-order valence-electron chi connectivity index (χ3n) is 6.88. The highest BCUT2D eigenvalue weighted by Gasteiger charge is 2.35. The SMILES string of the molecule is CCOc1cnc(NC(=O)N(C)C2CN(c3nccc(NC(=O)OC4CCN(CC)CC4)n3)CCC2F)cn1. The molecule has 4 rings (SSSR count). The monoisotopic (exact) mass is 545 g/mol. The molecule has 0 spiro atoms. The number of likely N-dealkylation sites (tertiary alicyclic amines) is 1. The molecule has 2 aliphatic heterocycles. The smallest absolute Gasteiger partial charge is 0.413 e. The minimum Gasteiger partial charge on any atom is -0.477 e. The maximum atomic E-state index is 14.9. The van der Waals surface area contributed by atoms with Gasteiger partial charge in [-0.05, 0) is 38.8 Å². The first-order chi connectivity index (χ1) is 18.9. The van der Waals surface area contributed by atoms with Crippen molar-refractivity contribution in [1.29, 1.82) is 0 Å². The fraction of sp³-hybridized carbons (Fsp3) is 0.600. The van der Waals surface area contributed by atoms with Crippen LogP contribution in [0.25, 0.3) is 0 Å². The molecule has 2 N–H and O–H groups in total. The number of alkyl halides is 1. The molecule has 2 aromatic rings. The van der Waals surface area contributed by atoms with Gasteiger partial charge in [-0.2, -0.15) is 4.98 Å². The number of aromatic nitrogens is 4. The summed E-state index contributed by atoms with van der Waals surface area (Å²) < 4.78 is 25.7. The number of amides is 3. The molecule has 39 heavy (non-hydrogen) atoms. The highest BCUT2D eigenvalue weighted by molar-refractivity contribution is 5.88. The largest absolute Gasteiger partial charge is 0.477 e. The summed E-state index contributed by atoms with van der Waals surface area (Å²) in [5.74, 6) is 1.18. The first-order valence-corrected chi connectivity index (χ1v) is 13.3. The van der Waals surface area contributed by atoms with E-state index in [0.717, 1.165) is 32.5 Å². The summed E-state index contributed by atoms with van der Waals surface area (Å²) in [6.45, 7) is 7.72. The predicted octanol–water partition coefficient (Wildman–Crippen LogP) is 2.78. The van der Waals surface area contributed by atoms with Crippen molar-refractivity contribution in [3.05, 3.63) is 24.7 Å². The molecule has 0 aromatic carbocycles. The zero-order valence-electron chi connectivity index (χ0n) is 22.5. The summed E-state index contributed by atoms with van der Waals surface area (Å²) in [7, 11) is 1.53. The standard InChI is InChI=1S/C25H36FN9O4/c1-4-34-11-7-17(8-12-34)39-25(37)32-20-6-10-27-23(30-20)35-13-9-18(26)19(16-35)33(3)24(36)31-21-14-29-22(15-28-21)38-5-2/h6,10,14-15,17-19H,4-5,7-9,11-13,16H2,1-3H3,(H,28,31,36)(H,27,30,32,37). The number of nitrogens with one attached hydrogen (secondary N) is 2. The van der Waals surface area contributed by atoms with Gasteiger partial charge in [-0.1, -0.05) is 6.92 Å². The number of anilines is 3. The molecule has 0 bridgehead atoms. The van der Waals surface area contributed by atoms with Crippen molar-refractivity contribution in [2.45, 2.75) is 51.4 Å². The molecule has 2 unspecified atom stereocenters. The first-order valence-electron chi connectivity index (χ1n) is 13.3. The van der Waals surface area contributed by atoms with Gasteiger partial charge in [0.2, 0.25) is 11.8 Å². The lowest BCUT2D eigenvalue weighted by Gasteiger charge is -2.39. The molecule has 13 nitrogen and oxygen atoms in total. The van der Waals surface area contributed by atoms with Crippen molar-refractivity contribution in [3.8, 4) is 5.88 Å². The lowest BCUT2D eigenvalue weighted by atomic mass is 10.0. The second-order valence-electron chi connectivity index (χ2n) is 9.44. The Labute approximate surface area is 227 Å². The number of halogens is 1. The molecule has 3 amide bonds. The van der Waals surface area contributed by atoms with Crippen LogP contribution < -0.4 is 20.3 Å². The number of carbonyl (C=O) groups is 2. The molecule has 0 aliphatic carbocycles. The van der Waals surface area contributed by atoms with Gasteiger partial charge >= 0.3 is 12.1 Å². The van der Waals surface area contributed by atoms with Crippen molar-refractivity contribution in [3.63, 3.8) is 0 Å². The van der Waals surface area contributed by atoms with Crippen LogP contribution in [0.5, 0.6) is 5.88 Å². The molecule has 4 heterocycles. The zero-order chi connectivity index (χ0) is 27.8. The summed E-state index contributed by atoms with van der Waals surface area (Å²) in [6.07, 6.45) is 4.14. The van der Waals surface area contributed by atoms with Gasteiger partial charge in [-0.3, -0.25) is 10.6 Å². The molecule has 0 saturated carbocycles. The van der Waals surface area contributed by atoms with E-state index in [1.807, 2.05) is 6.92 Å².